The molecule has 0 N–H and O–H groups in total. The first kappa shape index (κ1) is 17.4. The van der Waals surface area contributed by atoms with E-state index in [-0.39, 0.29) is 0 Å². The van der Waals surface area contributed by atoms with E-state index in [0.717, 1.165) is 11.3 Å². The molecule has 0 aromatic heterocycles. The number of hydrogen-bond acceptors (Lipinski definition) is 2. The van der Waals surface area contributed by atoms with Gasteiger partial charge in [-0.2, -0.15) is 5.10 Å². The molecule has 5 aromatic carbocycles. The molecule has 5 aromatic rings. The molecule has 0 radical (unpaired) electrons. The van der Waals surface area contributed by atoms with Crippen molar-refractivity contribution in [3.05, 3.63) is 103 Å². The van der Waals surface area contributed by atoms with Gasteiger partial charge >= 0.3 is 0 Å². The maximum absolute atomic E-state index is 4.81. The fraction of sp³-hybridized carbons (Fsp3) is 0.0741. The summed E-state index contributed by atoms with van der Waals surface area (Å²) in [6.07, 6.45) is 3.85. The van der Waals surface area contributed by atoms with E-state index < -0.39 is 0 Å². The van der Waals surface area contributed by atoms with E-state index in [2.05, 4.69) is 92.4 Å². The molecule has 0 fully saturated rings. The zero-order chi connectivity index (χ0) is 19.8. The minimum absolute atomic E-state index is 0.659. The Labute approximate surface area is 170 Å². The third-order valence-electron chi connectivity index (χ3n) is 5.50. The lowest BCUT2D eigenvalue weighted by Gasteiger charge is -2.18. The van der Waals surface area contributed by atoms with E-state index in [4.69, 9.17) is 5.10 Å². The van der Waals surface area contributed by atoms with Crippen molar-refractivity contribution >= 4 is 44.2 Å². The van der Waals surface area contributed by atoms with Gasteiger partial charge in [0.1, 0.15) is 0 Å². The highest BCUT2D eigenvalue weighted by molar-refractivity contribution is 6.25. The molecular formula is C27H22N2. The minimum atomic E-state index is 0.659. The van der Waals surface area contributed by atoms with Crippen molar-refractivity contribution in [2.24, 2.45) is 5.10 Å². The molecule has 0 saturated heterocycles. The quantitative estimate of drug-likeness (QED) is 0.141. The van der Waals surface area contributed by atoms with Gasteiger partial charge in [-0.15, -0.1) is 6.58 Å². The van der Waals surface area contributed by atoms with Gasteiger partial charge in [0.05, 0.1) is 18.4 Å². The second kappa shape index (κ2) is 7.06. The number of hydrazone groups is 1. The number of rotatable bonds is 5. The van der Waals surface area contributed by atoms with Gasteiger partial charge in [-0.3, -0.25) is 5.01 Å². The first-order valence-corrected chi connectivity index (χ1v) is 9.90. The van der Waals surface area contributed by atoms with Crippen LogP contribution in [-0.4, -0.2) is 12.8 Å². The van der Waals surface area contributed by atoms with Gasteiger partial charge in [-0.1, -0.05) is 72.8 Å². The third-order valence-corrected chi connectivity index (χ3v) is 5.50. The Hall–Kier alpha value is -3.65. The van der Waals surface area contributed by atoms with E-state index >= 15 is 0 Å². The fourth-order valence-electron chi connectivity index (χ4n) is 4.13. The predicted molar refractivity (Wildman–Crippen MR) is 126 cm³/mol. The summed E-state index contributed by atoms with van der Waals surface area (Å²) in [5.74, 6) is 0. The summed E-state index contributed by atoms with van der Waals surface area (Å²) in [6, 6.07) is 28.1. The molecule has 0 aliphatic heterocycles. The first-order valence-electron chi connectivity index (χ1n) is 9.90. The van der Waals surface area contributed by atoms with Crippen LogP contribution < -0.4 is 5.01 Å². The van der Waals surface area contributed by atoms with Gasteiger partial charge in [0.15, 0.2) is 0 Å². The topological polar surface area (TPSA) is 15.6 Å². The number of hydrogen-bond donors (Lipinski definition) is 0. The van der Waals surface area contributed by atoms with Crippen LogP contribution in [0.3, 0.4) is 0 Å². The molecule has 0 bridgehead atoms. The van der Waals surface area contributed by atoms with Gasteiger partial charge in [-0.05, 0) is 56.9 Å². The van der Waals surface area contributed by atoms with Gasteiger partial charge in [0.2, 0.25) is 0 Å². The third kappa shape index (κ3) is 3.03. The first-order chi connectivity index (χ1) is 14.2. The van der Waals surface area contributed by atoms with Gasteiger partial charge in [-0.25, -0.2) is 0 Å². The highest BCUT2D eigenvalue weighted by Gasteiger charge is 2.10. The summed E-state index contributed by atoms with van der Waals surface area (Å²) in [6.45, 7) is 6.65. The van der Waals surface area contributed by atoms with Crippen molar-refractivity contribution in [3.8, 4) is 0 Å². The van der Waals surface area contributed by atoms with Gasteiger partial charge < -0.3 is 0 Å². The lowest BCUT2D eigenvalue weighted by molar-refractivity contribution is 0.946. The molecule has 2 heteroatoms. The molecular weight excluding hydrogens is 352 g/mol. The Morgan fingerprint density at radius 1 is 0.828 bits per heavy atom. The second-order valence-electron chi connectivity index (χ2n) is 7.47. The van der Waals surface area contributed by atoms with Crippen molar-refractivity contribution in [1.82, 2.24) is 0 Å². The zero-order valence-electron chi connectivity index (χ0n) is 16.5. The molecule has 0 unspecified atom stereocenters. The Morgan fingerprint density at radius 2 is 1.52 bits per heavy atom. The predicted octanol–water partition coefficient (Wildman–Crippen LogP) is 6.92. The summed E-state index contributed by atoms with van der Waals surface area (Å²) in [7, 11) is 0. The van der Waals surface area contributed by atoms with Crippen molar-refractivity contribution in [3.63, 3.8) is 0 Å². The number of nitrogens with zero attached hydrogens (tertiary/aromatic N) is 2. The van der Waals surface area contributed by atoms with Crippen LogP contribution in [0.2, 0.25) is 0 Å². The average molecular weight is 374 g/mol. The van der Waals surface area contributed by atoms with E-state index in [1.165, 1.54) is 37.9 Å². The average Bonchev–Trinajstić information content (AvgIpc) is 2.75. The fourth-order valence-corrected chi connectivity index (χ4v) is 4.13. The summed E-state index contributed by atoms with van der Waals surface area (Å²) < 4.78 is 0. The molecule has 0 saturated carbocycles. The zero-order valence-corrected chi connectivity index (χ0v) is 16.5. The number of aryl methyl sites for hydroxylation is 1. The number of anilines is 1. The summed E-state index contributed by atoms with van der Waals surface area (Å²) >= 11 is 0. The van der Waals surface area contributed by atoms with Crippen LogP contribution in [0.5, 0.6) is 0 Å². The lowest BCUT2D eigenvalue weighted by Crippen LogP contribution is -2.16. The molecule has 0 amide bonds. The summed E-state index contributed by atoms with van der Waals surface area (Å²) in [5, 5.41) is 14.5. The molecule has 0 aliphatic rings. The normalized spacial score (nSPS) is 11.8. The van der Waals surface area contributed by atoms with E-state index in [0.29, 0.717) is 6.54 Å². The van der Waals surface area contributed by atoms with Crippen LogP contribution in [0.25, 0.3) is 32.3 Å². The molecule has 29 heavy (non-hydrogen) atoms. The van der Waals surface area contributed by atoms with E-state index in [9.17, 15) is 0 Å². The van der Waals surface area contributed by atoms with Crippen molar-refractivity contribution < 1.29 is 0 Å². The van der Waals surface area contributed by atoms with E-state index in [1.54, 1.807) is 0 Å². The lowest BCUT2D eigenvalue weighted by atomic mass is 9.92. The highest BCUT2D eigenvalue weighted by Crippen LogP contribution is 2.35. The Balaban J connectivity index is 1.65. The van der Waals surface area contributed by atoms with Crippen LogP contribution in [0, 0.1) is 6.92 Å². The van der Waals surface area contributed by atoms with Gasteiger partial charge in [0.25, 0.3) is 0 Å². The van der Waals surface area contributed by atoms with Crippen LogP contribution in [-0.2, 0) is 0 Å². The van der Waals surface area contributed by atoms with Crippen LogP contribution in [0.1, 0.15) is 11.1 Å². The Bertz CT molecular complexity index is 1350. The van der Waals surface area contributed by atoms with Crippen molar-refractivity contribution in [2.75, 3.05) is 11.6 Å². The smallest absolute Gasteiger partial charge is 0.0600 e. The Kier molecular flexibility index (Phi) is 4.25. The largest absolute Gasteiger partial charge is 0.262 e. The van der Waals surface area contributed by atoms with Crippen LogP contribution in [0.4, 0.5) is 5.69 Å². The number of benzene rings is 5. The maximum Gasteiger partial charge on any atom is 0.0600 e. The maximum atomic E-state index is 4.81. The molecule has 140 valence electrons. The van der Waals surface area contributed by atoms with E-state index in [1.807, 2.05) is 17.3 Å². The molecule has 0 heterocycles. The summed E-state index contributed by atoms with van der Waals surface area (Å²) in [4.78, 5) is 0. The van der Waals surface area contributed by atoms with Crippen molar-refractivity contribution in [1.29, 1.82) is 0 Å². The van der Waals surface area contributed by atoms with Crippen LogP contribution >= 0.6 is 0 Å². The molecule has 0 atom stereocenters. The molecule has 5 rings (SSSR count). The van der Waals surface area contributed by atoms with Crippen LogP contribution in [0.15, 0.2) is 96.6 Å². The standard InChI is InChI=1S/C27H22N2/c1-3-16-29(24-9-4-6-19(2)17-24)28-18-23-13-12-22-11-10-20-7-5-8-21-14-15-25(23)27(22)26(20)21/h3-15,17-18H,1,16H2,2H3. The van der Waals surface area contributed by atoms with Crippen molar-refractivity contribution in [2.45, 2.75) is 6.92 Å². The Morgan fingerprint density at radius 3 is 2.28 bits per heavy atom. The molecule has 0 aliphatic carbocycles. The minimum Gasteiger partial charge on any atom is -0.262 e. The molecule has 2 nitrogen and oxygen atoms in total. The highest BCUT2D eigenvalue weighted by atomic mass is 15.4. The second-order valence-corrected chi connectivity index (χ2v) is 7.47. The molecule has 0 spiro atoms. The SMILES string of the molecule is C=CCN(N=Cc1ccc2ccc3cccc4ccc1c2c34)c1cccc(C)c1. The summed E-state index contributed by atoms with van der Waals surface area (Å²) in [5.41, 5.74) is 3.41. The van der Waals surface area contributed by atoms with Gasteiger partial charge in [0, 0.05) is 5.56 Å². The monoisotopic (exact) mass is 374 g/mol.